The topological polar surface area (TPSA) is 318 Å². The molecule has 5 amide bonds. The fourth-order valence-corrected chi connectivity index (χ4v) is 6.59. The predicted molar refractivity (Wildman–Crippen MR) is 208 cm³/mol. The molecule has 1 aromatic heterocycles. The number of nitrogens with two attached hydrogens (primary N) is 2. The first-order valence-corrected chi connectivity index (χ1v) is 18.6. The van der Waals surface area contributed by atoms with Crippen molar-refractivity contribution in [1.82, 2.24) is 36.5 Å². The number of aromatic nitrogens is 1. The van der Waals surface area contributed by atoms with Crippen LogP contribution in [0.1, 0.15) is 50.7 Å². The molecule has 0 radical (unpaired) electrons. The summed E-state index contributed by atoms with van der Waals surface area (Å²) in [4.78, 5) is 83.8. The van der Waals surface area contributed by atoms with Crippen LogP contribution in [0.25, 0.3) is 10.9 Å². The molecule has 0 unspecified atom stereocenters. The Labute approximate surface area is 328 Å². The molecule has 4 rings (SSSR count). The second-order valence-electron chi connectivity index (χ2n) is 14.1. The number of aromatic amines is 1. The average molecular weight is 793 g/mol. The van der Waals surface area contributed by atoms with Crippen LogP contribution in [0.4, 0.5) is 0 Å². The smallest absolute Gasteiger partial charge is 0.326 e. The van der Waals surface area contributed by atoms with Gasteiger partial charge in [-0.2, -0.15) is 0 Å². The maximum absolute atomic E-state index is 13.9. The Balaban J connectivity index is 1.46. The number of benzene rings is 2. The standard InChI is InChI=1S/C38H52N10O9/c1-20(32(51)45-28(9-5-15-42-38(40)41)36(55)48-16-6-10-30(48)37(56)57)44-35(54)31(21(2)49)47-34(53)29(18-23-19-43-27-8-4-3-7-25(23)27)46-33(52)26(39)17-22-11-13-24(50)14-12-22/h3-4,7-8,11-14,19-21,26,28-31,43,49-50H,5-6,9-10,15-18,39H2,1-2H3,(H,44,54)(H,45,51)(H,46,52)(H,47,53)(H,56,57)(H4,40,41,42)/t20-,21+,26-,28-,29-,30-,31-/m0/s1. The van der Waals surface area contributed by atoms with Crippen LogP contribution in [0, 0.1) is 5.41 Å². The Morgan fingerprint density at radius 3 is 2.26 bits per heavy atom. The van der Waals surface area contributed by atoms with Gasteiger partial charge in [-0.15, -0.1) is 0 Å². The lowest BCUT2D eigenvalue weighted by atomic mass is 10.0. The summed E-state index contributed by atoms with van der Waals surface area (Å²) in [5, 5.41) is 50.8. The second-order valence-corrected chi connectivity index (χ2v) is 14.1. The quantitative estimate of drug-likeness (QED) is 0.0382. The number of guanidine groups is 1. The first kappa shape index (κ1) is 43.5. The van der Waals surface area contributed by atoms with Crippen LogP contribution in [0.3, 0.4) is 0 Å². The summed E-state index contributed by atoms with van der Waals surface area (Å²) in [6.45, 7) is 2.97. The van der Waals surface area contributed by atoms with Crippen LogP contribution in [-0.2, 0) is 41.6 Å². The molecule has 19 nitrogen and oxygen atoms in total. The van der Waals surface area contributed by atoms with Crippen molar-refractivity contribution in [2.24, 2.45) is 11.5 Å². The van der Waals surface area contributed by atoms with Gasteiger partial charge in [-0.25, -0.2) is 4.79 Å². The lowest BCUT2D eigenvalue weighted by molar-refractivity contribution is -0.149. The molecule has 308 valence electrons. The van der Waals surface area contributed by atoms with E-state index in [2.05, 4.69) is 31.6 Å². The maximum Gasteiger partial charge on any atom is 0.326 e. The van der Waals surface area contributed by atoms with Crippen LogP contribution in [-0.4, -0.2) is 122 Å². The molecule has 0 aliphatic carbocycles. The molecule has 0 saturated carbocycles. The number of phenolic OH excluding ortho intramolecular Hbond substituents is 1. The van der Waals surface area contributed by atoms with Crippen molar-refractivity contribution in [2.75, 3.05) is 13.1 Å². The highest BCUT2D eigenvalue weighted by Gasteiger charge is 2.38. The van der Waals surface area contributed by atoms with Crippen LogP contribution in [0.15, 0.2) is 54.7 Å². The predicted octanol–water partition coefficient (Wildman–Crippen LogP) is -1.34. The van der Waals surface area contributed by atoms with Crippen molar-refractivity contribution in [2.45, 2.75) is 94.7 Å². The summed E-state index contributed by atoms with van der Waals surface area (Å²) >= 11 is 0. The van der Waals surface area contributed by atoms with Crippen molar-refractivity contribution in [3.8, 4) is 5.75 Å². The number of nitrogens with one attached hydrogen (secondary N) is 7. The number of amides is 5. The highest BCUT2D eigenvalue weighted by Crippen LogP contribution is 2.21. The first-order valence-electron chi connectivity index (χ1n) is 18.6. The fourth-order valence-electron chi connectivity index (χ4n) is 6.59. The van der Waals surface area contributed by atoms with Gasteiger partial charge in [-0.05, 0) is 75.3 Å². The summed E-state index contributed by atoms with van der Waals surface area (Å²) in [5.74, 6) is -5.27. The van der Waals surface area contributed by atoms with Crippen LogP contribution in [0.5, 0.6) is 5.75 Å². The number of carbonyl (C=O) groups is 6. The number of aliphatic carboxylic acids is 1. The molecule has 1 saturated heterocycles. The van der Waals surface area contributed by atoms with E-state index in [-0.39, 0.29) is 56.9 Å². The first-order chi connectivity index (χ1) is 27.0. The number of phenols is 1. The number of rotatable bonds is 19. The van der Waals surface area contributed by atoms with Gasteiger partial charge < -0.3 is 63.3 Å². The normalized spacial score (nSPS) is 17.0. The molecule has 14 N–H and O–H groups in total. The van der Waals surface area contributed by atoms with Gasteiger partial charge in [0.25, 0.3) is 0 Å². The van der Waals surface area contributed by atoms with Crippen molar-refractivity contribution < 1.29 is 44.1 Å². The third-order valence-electron chi connectivity index (χ3n) is 9.70. The van der Waals surface area contributed by atoms with Crippen molar-refractivity contribution in [3.63, 3.8) is 0 Å². The molecule has 1 aliphatic rings. The Morgan fingerprint density at radius 2 is 1.60 bits per heavy atom. The number of carboxylic acid groups (broad SMARTS) is 1. The molecule has 2 aromatic carbocycles. The number of likely N-dealkylation sites (tertiary alicyclic amines) is 1. The highest BCUT2D eigenvalue weighted by molar-refractivity contribution is 5.97. The lowest BCUT2D eigenvalue weighted by Gasteiger charge is -2.29. The van der Waals surface area contributed by atoms with Crippen molar-refractivity contribution in [1.29, 1.82) is 5.41 Å². The van der Waals surface area contributed by atoms with E-state index in [9.17, 15) is 44.1 Å². The van der Waals surface area contributed by atoms with Gasteiger partial charge in [-0.3, -0.25) is 29.4 Å². The van der Waals surface area contributed by atoms with Gasteiger partial charge in [0.15, 0.2) is 5.96 Å². The second kappa shape index (κ2) is 20.1. The number of carboxylic acids is 1. The van der Waals surface area contributed by atoms with Gasteiger partial charge in [0.1, 0.15) is 36.0 Å². The lowest BCUT2D eigenvalue weighted by Crippen LogP contribution is -2.61. The maximum atomic E-state index is 13.9. The van der Waals surface area contributed by atoms with Gasteiger partial charge in [0.2, 0.25) is 29.5 Å². The van der Waals surface area contributed by atoms with Crippen LogP contribution >= 0.6 is 0 Å². The third-order valence-corrected chi connectivity index (χ3v) is 9.70. The van der Waals surface area contributed by atoms with Crippen molar-refractivity contribution in [3.05, 3.63) is 65.9 Å². The molecule has 1 fully saturated rings. The number of hydrogen-bond donors (Lipinski definition) is 12. The largest absolute Gasteiger partial charge is 0.508 e. The number of fused-ring (bicyclic) bond motifs is 1. The van der Waals surface area contributed by atoms with Crippen LogP contribution < -0.4 is 38.1 Å². The minimum Gasteiger partial charge on any atom is -0.508 e. The molecular weight excluding hydrogens is 740 g/mol. The fraction of sp³-hybridized carbons (Fsp3) is 0.447. The Morgan fingerprint density at radius 1 is 0.912 bits per heavy atom. The zero-order valence-electron chi connectivity index (χ0n) is 31.8. The van der Waals surface area contributed by atoms with E-state index in [1.54, 1.807) is 18.3 Å². The highest BCUT2D eigenvalue weighted by atomic mass is 16.4. The van der Waals surface area contributed by atoms with E-state index in [4.69, 9.17) is 16.9 Å². The summed E-state index contributed by atoms with van der Waals surface area (Å²) in [6.07, 6.45) is 1.33. The number of nitrogens with zero attached hydrogens (tertiary/aromatic N) is 1. The van der Waals surface area contributed by atoms with E-state index < -0.39 is 77.9 Å². The molecule has 0 spiro atoms. The molecular formula is C38H52N10O9. The van der Waals surface area contributed by atoms with Crippen molar-refractivity contribution >= 4 is 52.4 Å². The Kier molecular flexibility index (Phi) is 15.3. The van der Waals surface area contributed by atoms with E-state index in [1.807, 2.05) is 24.3 Å². The van der Waals surface area contributed by atoms with Gasteiger partial charge in [0.05, 0.1) is 12.1 Å². The number of carbonyl (C=O) groups excluding carboxylic acids is 5. The minimum atomic E-state index is -1.60. The zero-order chi connectivity index (χ0) is 41.8. The number of H-pyrrole nitrogens is 1. The van der Waals surface area contributed by atoms with Gasteiger partial charge >= 0.3 is 5.97 Å². The molecule has 0 bridgehead atoms. The van der Waals surface area contributed by atoms with E-state index in [0.717, 1.165) is 10.9 Å². The summed E-state index contributed by atoms with van der Waals surface area (Å²) < 4.78 is 0. The van der Waals surface area contributed by atoms with Gasteiger partial charge in [0, 0.05) is 36.6 Å². The monoisotopic (exact) mass is 792 g/mol. The van der Waals surface area contributed by atoms with E-state index >= 15 is 0 Å². The number of aromatic hydroxyl groups is 1. The molecule has 19 heteroatoms. The number of hydrogen-bond acceptors (Lipinski definition) is 10. The number of aliphatic hydroxyl groups is 1. The molecule has 7 atom stereocenters. The third kappa shape index (κ3) is 12.1. The van der Waals surface area contributed by atoms with Crippen LogP contribution in [0.2, 0.25) is 0 Å². The average Bonchev–Trinajstić information content (AvgIpc) is 3.83. The summed E-state index contributed by atoms with van der Waals surface area (Å²) in [6, 6.07) is 5.97. The Bertz CT molecular complexity index is 1920. The summed E-state index contributed by atoms with van der Waals surface area (Å²) in [7, 11) is 0. The van der Waals surface area contributed by atoms with E-state index in [0.29, 0.717) is 17.5 Å². The Hall–Kier alpha value is -6.21. The molecule has 3 aromatic rings. The number of aliphatic hydroxyl groups excluding tert-OH is 1. The van der Waals surface area contributed by atoms with Gasteiger partial charge in [-0.1, -0.05) is 30.3 Å². The number of para-hydroxylation sites is 1. The molecule has 57 heavy (non-hydrogen) atoms. The molecule has 2 heterocycles. The SMILES string of the molecule is C[C@H](NC(=O)[C@@H](NC(=O)[C@H](Cc1c[nH]c2ccccc12)NC(=O)[C@@H](N)Cc1ccc(O)cc1)[C@@H](C)O)C(=O)N[C@@H](CCCNC(=N)N)C(=O)N1CCC[C@H]1C(=O)O. The van der Waals surface area contributed by atoms with E-state index in [1.165, 1.54) is 30.9 Å². The minimum absolute atomic E-state index is 0.0302. The zero-order valence-corrected chi connectivity index (χ0v) is 31.8. The summed E-state index contributed by atoms with van der Waals surface area (Å²) in [5.41, 5.74) is 13.7. The molecule has 1 aliphatic heterocycles.